The first kappa shape index (κ1) is 21.9. The topological polar surface area (TPSA) is 104 Å². The summed E-state index contributed by atoms with van der Waals surface area (Å²) in [6.45, 7) is 5.92. The lowest BCUT2D eigenvalue weighted by Gasteiger charge is -2.22. The molecule has 0 bridgehead atoms. The van der Waals surface area contributed by atoms with Crippen LogP contribution >= 0.6 is 0 Å². The van der Waals surface area contributed by atoms with E-state index >= 15 is 0 Å². The number of hydrogen-bond donors (Lipinski definition) is 2. The van der Waals surface area contributed by atoms with E-state index in [4.69, 9.17) is 0 Å². The Labute approximate surface area is 154 Å². The zero-order valence-corrected chi connectivity index (χ0v) is 15.6. The van der Waals surface area contributed by atoms with Crippen LogP contribution in [0.15, 0.2) is 12.2 Å². The van der Waals surface area contributed by atoms with Crippen LogP contribution in [0.25, 0.3) is 0 Å². The minimum absolute atomic E-state index is 0.104. The lowest BCUT2D eigenvalue weighted by molar-refractivity contribution is -0.154. The number of likely N-dealkylation sites (tertiary alicyclic amines) is 1. The predicted octanol–water partition coefficient (Wildman–Crippen LogP) is 2.40. The average molecular weight is 366 g/mol. The fraction of sp³-hybridized carbons (Fsp3) is 0.684. The average Bonchev–Trinajstić information content (AvgIpc) is 2.91. The molecule has 1 rings (SSSR count). The zero-order valence-electron chi connectivity index (χ0n) is 15.6. The van der Waals surface area contributed by atoms with Crippen LogP contribution in [0, 0.1) is 0 Å². The molecule has 0 aromatic rings. The molecule has 2 N–H and O–H groups in total. The summed E-state index contributed by atoms with van der Waals surface area (Å²) in [5.74, 6) is -1.96. The first-order valence-corrected chi connectivity index (χ1v) is 9.36. The molecule has 7 nitrogen and oxygen atoms in total. The molecule has 1 unspecified atom stereocenters. The lowest BCUT2D eigenvalue weighted by atomic mass is 10.0. The van der Waals surface area contributed by atoms with E-state index in [9.17, 15) is 24.3 Å². The van der Waals surface area contributed by atoms with Crippen LogP contribution in [0.3, 0.4) is 0 Å². The van der Waals surface area contributed by atoms with Crippen molar-refractivity contribution in [2.24, 2.45) is 0 Å². The van der Waals surface area contributed by atoms with Crippen molar-refractivity contribution in [3.63, 3.8) is 0 Å². The van der Waals surface area contributed by atoms with E-state index in [1.807, 2.05) is 0 Å². The van der Waals surface area contributed by atoms with Crippen molar-refractivity contribution in [3.8, 4) is 0 Å². The van der Waals surface area contributed by atoms with Crippen LogP contribution < -0.4 is 5.32 Å². The SMILES string of the molecule is C=C(C)C(=O)NCCCCCCCCCC(C(=O)O)N1C(=O)CCC1=O. The minimum Gasteiger partial charge on any atom is -0.480 e. The Kier molecular flexibility index (Phi) is 9.62. The van der Waals surface area contributed by atoms with E-state index in [0.717, 1.165) is 43.4 Å². The number of nitrogens with one attached hydrogen (secondary N) is 1. The quantitative estimate of drug-likeness (QED) is 0.296. The van der Waals surface area contributed by atoms with Gasteiger partial charge in [0, 0.05) is 25.0 Å². The second-order valence-corrected chi connectivity index (χ2v) is 6.81. The predicted molar refractivity (Wildman–Crippen MR) is 97.3 cm³/mol. The summed E-state index contributed by atoms with van der Waals surface area (Å²) < 4.78 is 0. The Morgan fingerprint density at radius 2 is 1.54 bits per heavy atom. The number of hydrogen-bond acceptors (Lipinski definition) is 4. The summed E-state index contributed by atoms with van der Waals surface area (Å²) in [4.78, 5) is 46.9. The van der Waals surface area contributed by atoms with Crippen LogP contribution in [-0.4, -0.2) is 46.3 Å². The molecule has 1 heterocycles. The monoisotopic (exact) mass is 366 g/mol. The largest absolute Gasteiger partial charge is 0.480 e. The minimum atomic E-state index is -1.11. The summed E-state index contributed by atoms with van der Waals surface area (Å²) in [6.07, 6.45) is 7.19. The molecule has 0 radical (unpaired) electrons. The van der Waals surface area contributed by atoms with E-state index < -0.39 is 12.0 Å². The summed E-state index contributed by atoms with van der Waals surface area (Å²) in [6, 6.07) is -1.02. The summed E-state index contributed by atoms with van der Waals surface area (Å²) in [5, 5.41) is 12.1. The van der Waals surface area contributed by atoms with Crippen LogP contribution in [0.1, 0.15) is 71.1 Å². The number of carboxylic acid groups (broad SMARTS) is 1. The summed E-state index contributed by atoms with van der Waals surface area (Å²) in [7, 11) is 0. The molecular weight excluding hydrogens is 336 g/mol. The highest BCUT2D eigenvalue weighted by atomic mass is 16.4. The highest BCUT2D eigenvalue weighted by molar-refractivity contribution is 6.04. The normalized spacial score (nSPS) is 15.2. The molecule has 0 aromatic carbocycles. The molecule has 146 valence electrons. The Hall–Kier alpha value is -2.18. The fourth-order valence-corrected chi connectivity index (χ4v) is 3.00. The fourth-order valence-electron chi connectivity index (χ4n) is 3.00. The molecule has 0 spiro atoms. The van der Waals surface area contributed by atoms with Gasteiger partial charge in [-0.05, 0) is 19.8 Å². The molecule has 7 heteroatoms. The number of carboxylic acids is 1. The summed E-state index contributed by atoms with van der Waals surface area (Å²) in [5.41, 5.74) is 0.516. The first-order chi connectivity index (χ1) is 12.3. The Morgan fingerprint density at radius 3 is 2.04 bits per heavy atom. The van der Waals surface area contributed by atoms with Gasteiger partial charge in [0.1, 0.15) is 6.04 Å². The molecule has 1 fully saturated rings. The third-order valence-corrected chi connectivity index (χ3v) is 4.51. The van der Waals surface area contributed by atoms with E-state index in [0.29, 0.717) is 25.0 Å². The van der Waals surface area contributed by atoms with Gasteiger partial charge in [-0.15, -0.1) is 0 Å². The standard InChI is InChI=1S/C19H30N2O5/c1-14(2)18(24)20-13-9-7-5-3-4-6-8-10-15(19(25)26)21-16(22)11-12-17(21)23/h15H,1,3-13H2,2H3,(H,20,24)(H,25,26). The summed E-state index contributed by atoms with van der Waals surface area (Å²) >= 11 is 0. The number of rotatable bonds is 13. The van der Waals surface area contributed by atoms with Crippen molar-refractivity contribution in [2.75, 3.05) is 6.54 Å². The number of nitrogens with zero attached hydrogens (tertiary/aromatic N) is 1. The van der Waals surface area contributed by atoms with Gasteiger partial charge in [-0.3, -0.25) is 19.3 Å². The highest BCUT2D eigenvalue weighted by Gasteiger charge is 2.38. The van der Waals surface area contributed by atoms with Gasteiger partial charge in [0.05, 0.1) is 0 Å². The second-order valence-electron chi connectivity index (χ2n) is 6.81. The molecule has 3 amide bonds. The molecule has 1 aliphatic heterocycles. The molecule has 26 heavy (non-hydrogen) atoms. The van der Waals surface area contributed by atoms with E-state index in [-0.39, 0.29) is 30.6 Å². The molecule has 0 saturated carbocycles. The van der Waals surface area contributed by atoms with Crippen LogP contribution in [-0.2, 0) is 19.2 Å². The number of carbonyl (C=O) groups excluding carboxylic acids is 3. The highest BCUT2D eigenvalue weighted by Crippen LogP contribution is 2.20. The van der Waals surface area contributed by atoms with E-state index in [1.54, 1.807) is 6.92 Å². The van der Waals surface area contributed by atoms with Gasteiger partial charge >= 0.3 is 5.97 Å². The maximum absolute atomic E-state index is 11.7. The van der Waals surface area contributed by atoms with Gasteiger partial charge in [-0.2, -0.15) is 0 Å². The van der Waals surface area contributed by atoms with Crippen molar-refractivity contribution < 1.29 is 24.3 Å². The number of unbranched alkanes of at least 4 members (excludes halogenated alkanes) is 6. The van der Waals surface area contributed by atoms with Crippen LogP contribution in [0.5, 0.6) is 0 Å². The first-order valence-electron chi connectivity index (χ1n) is 9.36. The number of aliphatic carboxylic acids is 1. The van der Waals surface area contributed by atoms with Crippen molar-refractivity contribution in [2.45, 2.75) is 77.2 Å². The van der Waals surface area contributed by atoms with Gasteiger partial charge in [0.2, 0.25) is 17.7 Å². The number of imide groups is 1. The third kappa shape index (κ3) is 7.37. The van der Waals surface area contributed by atoms with E-state index in [2.05, 4.69) is 11.9 Å². The Balaban J connectivity index is 2.09. The third-order valence-electron chi connectivity index (χ3n) is 4.51. The molecule has 0 aromatic heterocycles. The van der Waals surface area contributed by atoms with Crippen molar-refractivity contribution in [1.82, 2.24) is 10.2 Å². The van der Waals surface area contributed by atoms with Crippen LogP contribution in [0.2, 0.25) is 0 Å². The van der Waals surface area contributed by atoms with Gasteiger partial charge in [0.15, 0.2) is 0 Å². The van der Waals surface area contributed by atoms with Gasteiger partial charge in [-0.1, -0.05) is 45.1 Å². The Bertz CT molecular complexity index is 528. The lowest BCUT2D eigenvalue weighted by Crippen LogP contribution is -2.44. The number of carbonyl (C=O) groups is 4. The van der Waals surface area contributed by atoms with Gasteiger partial charge in [0.25, 0.3) is 0 Å². The molecule has 1 aliphatic rings. The van der Waals surface area contributed by atoms with Crippen molar-refractivity contribution in [1.29, 1.82) is 0 Å². The molecule has 0 aliphatic carbocycles. The van der Waals surface area contributed by atoms with Crippen molar-refractivity contribution >= 4 is 23.7 Å². The Morgan fingerprint density at radius 1 is 1.04 bits per heavy atom. The molecule has 1 saturated heterocycles. The smallest absolute Gasteiger partial charge is 0.326 e. The zero-order chi connectivity index (χ0) is 19.5. The maximum atomic E-state index is 11.7. The van der Waals surface area contributed by atoms with E-state index in [1.165, 1.54) is 0 Å². The maximum Gasteiger partial charge on any atom is 0.326 e. The second kappa shape index (κ2) is 11.4. The molecular formula is C19H30N2O5. The van der Waals surface area contributed by atoms with Gasteiger partial charge in [-0.25, -0.2) is 4.79 Å². The van der Waals surface area contributed by atoms with Gasteiger partial charge < -0.3 is 10.4 Å². The molecule has 1 atom stereocenters. The van der Waals surface area contributed by atoms with Crippen LogP contribution in [0.4, 0.5) is 0 Å². The number of amides is 3. The van der Waals surface area contributed by atoms with Crippen molar-refractivity contribution in [3.05, 3.63) is 12.2 Å².